The van der Waals surface area contributed by atoms with Gasteiger partial charge in [-0.15, -0.1) is 0 Å². The molecule has 1 heterocycles. The standard InChI is InChI=1S/C21H14BrNO4/c1-27-19(24)11-23-10-12(16-9-13(22)6-7-18(16)23)8-17-20(25)14-4-2-3-5-15(14)21(17)26/h2-10H,11H2,1H3. The predicted molar refractivity (Wildman–Crippen MR) is 105 cm³/mol. The Hall–Kier alpha value is -2.99. The molecule has 0 unspecified atom stereocenters. The van der Waals surface area contributed by atoms with E-state index in [1.165, 1.54) is 7.11 Å². The largest absolute Gasteiger partial charge is 0.468 e. The van der Waals surface area contributed by atoms with Gasteiger partial charge in [0, 0.05) is 38.3 Å². The molecular weight excluding hydrogens is 410 g/mol. The van der Waals surface area contributed by atoms with Crippen LogP contribution in [-0.4, -0.2) is 29.2 Å². The zero-order chi connectivity index (χ0) is 19.1. The number of aromatic nitrogens is 1. The van der Waals surface area contributed by atoms with Gasteiger partial charge in [0.15, 0.2) is 11.6 Å². The molecule has 0 bridgehead atoms. The summed E-state index contributed by atoms with van der Waals surface area (Å²) in [5, 5.41) is 0.831. The number of carbonyl (C=O) groups is 3. The van der Waals surface area contributed by atoms with Crippen molar-refractivity contribution >= 4 is 50.4 Å². The molecule has 0 amide bonds. The number of hydrogen-bond acceptors (Lipinski definition) is 4. The molecule has 0 aliphatic heterocycles. The number of halogens is 1. The van der Waals surface area contributed by atoms with E-state index in [1.54, 1.807) is 41.1 Å². The minimum Gasteiger partial charge on any atom is -0.468 e. The fraction of sp³-hybridized carbons (Fsp3) is 0.0952. The number of Topliss-reactive ketones (excluding diaryl/α,β-unsaturated/α-hetero) is 2. The van der Waals surface area contributed by atoms with E-state index in [0.717, 1.165) is 15.4 Å². The maximum Gasteiger partial charge on any atom is 0.325 e. The number of methoxy groups -OCH3 is 1. The molecule has 0 saturated carbocycles. The van der Waals surface area contributed by atoms with E-state index in [9.17, 15) is 14.4 Å². The fourth-order valence-electron chi connectivity index (χ4n) is 3.31. The van der Waals surface area contributed by atoms with Crippen LogP contribution in [0.15, 0.2) is 58.7 Å². The van der Waals surface area contributed by atoms with Crippen molar-refractivity contribution < 1.29 is 19.1 Å². The lowest BCUT2D eigenvalue weighted by Gasteiger charge is -2.03. The van der Waals surface area contributed by atoms with Crippen molar-refractivity contribution in [2.75, 3.05) is 7.11 Å². The number of ketones is 2. The Morgan fingerprint density at radius 1 is 1.11 bits per heavy atom. The summed E-state index contributed by atoms with van der Waals surface area (Å²) in [7, 11) is 1.33. The van der Waals surface area contributed by atoms with Crippen molar-refractivity contribution in [3.63, 3.8) is 0 Å². The molecule has 6 heteroatoms. The average molecular weight is 424 g/mol. The van der Waals surface area contributed by atoms with E-state index < -0.39 is 0 Å². The molecule has 2 aromatic carbocycles. The van der Waals surface area contributed by atoms with Gasteiger partial charge in [-0.2, -0.15) is 0 Å². The van der Waals surface area contributed by atoms with Crippen LogP contribution in [0.5, 0.6) is 0 Å². The van der Waals surface area contributed by atoms with Crippen molar-refractivity contribution in [1.29, 1.82) is 0 Å². The molecule has 5 nitrogen and oxygen atoms in total. The summed E-state index contributed by atoms with van der Waals surface area (Å²) in [6, 6.07) is 12.4. The highest BCUT2D eigenvalue weighted by Gasteiger charge is 2.32. The smallest absolute Gasteiger partial charge is 0.325 e. The number of hydrogen-bond donors (Lipinski definition) is 0. The van der Waals surface area contributed by atoms with Gasteiger partial charge in [0.2, 0.25) is 0 Å². The zero-order valence-corrected chi connectivity index (χ0v) is 15.9. The van der Waals surface area contributed by atoms with Crippen LogP contribution in [0.25, 0.3) is 17.0 Å². The molecule has 3 aromatic rings. The fourth-order valence-corrected chi connectivity index (χ4v) is 3.67. The molecule has 0 N–H and O–H groups in total. The maximum absolute atomic E-state index is 12.7. The Kier molecular flexibility index (Phi) is 4.28. The molecule has 1 aliphatic rings. The van der Waals surface area contributed by atoms with Crippen LogP contribution >= 0.6 is 15.9 Å². The van der Waals surface area contributed by atoms with Crippen molar-refractivity contribution in [2.24, 2.45) is 0 Å². The molecule has 1 aliphatic carbocycles. The van der Waals surface area contributed by atoms with E-state index >= 15 is 0 Å². The van der Waals surface area contributed by atoms with E-state index in [-0.39, 0.29) is 29.7 Å². The van der Waals surface area contributed by atoms with E-state index in [2.05, 4.69) is 15.9 Å². The van der Waals surface area contributed by atoms with Gasteiger partial charge in [-0.1, -0.05) is 40.2 Å². The third kappa shape index (κ3) is 2.92. The highest BCUT2D eigenvalue weighted by molar-refractivity contribution is 9.10. The van der Waals surface area contributed by atoms with Gasteiger partial charge in [-0.25, -0.2) is 0 Å². The molecule has 0 atom stereocenters. The summed E-state index contributed by atoms with van der Waals surface area (Å²) in [5.41, 5.74) is 2.49. The summed E-state index contributed by atoms with van der Waals surface area (Å²) >= 11 is 3.44. The van der Waals surface area contributed by atoms with E-state index in [4.69, 9.17) is 4.74 Å². The van der Waals surface area contributed by atoms with Crippen LogP contribution in [0.2, 0.25) is 0 Å². The van der Waals surface area contributed by atoms with Gasteiger partial charge < -0.3 is 9.30 Å². The lowest BCUT2D eigenvalue weighted by molar-refractivity contribution is -0.141. The molecule has 27 heavy (non-hydrogen) atoms. The first-order valence-electron chi connectivity index (χ1n) is 8.25. The van der Waals surface area contributed by atoms with Crippen LogP contribution in [0.1, 0.15) is 26.3 Å². The predicted octanol–water partition coefficient (Wildman–Crippen LogP) is 4.04. The van der Waals surface area contributed by atoms with Crippen LogP contribution in [0, 0.1) is 0 Å². The van der Waals surface area contributed by atoms with Gasteiger partial charge in [0.05, 0.1) is 12.7 Å². The number of ether oxygens (including phenoxy) is 1. The second-order valence-electron chi connectivity index (χ2n) is 6.21. The van der Waals surface area contributed by atoms with Gasteiger partial charge in [-0.3, -0.25) is 14.4 Å². The number of benzene rings is 2. The summed E-state index contributed by atoms with van der Waals surface area (Å²) < 4.78 is 7.36. The molecular formula is C21H14BrNO4. The van der Waals surface area contributed by atoms with Gasteiger partial charge >= 0.3 is 5.97 Å². The summed E-state index contributed by atoms with van der Waals surface area (Å²) in [6.45, 7) is 0.0416. The number of esters is 1. The van der Waals surface area contributed by atoms with E-state index in [1.807, 2.05) is 18.2 Å². The van der Waals surface area contributed by atoms with Crippen LogP contribution in [-0.2, 0) is 16.1 Å². The molecule has 1 aromatic heterocycles. The Morgan fingerprint density at radius 3 is 2.41 bits per heavy atom. The molecule has 0 fully saturated rings. The molecule has 4 rings (SSSR count). The lowest BCUT2D eigenvalue weighted by atomic mass is 10.1. The summed E-state index contributed by atoms with van der Waals surface area (Å²) in [4.78, 5) is 37.1. The number of carbonyl (C=O) groups excluding carboxylic acids is 3. The molecule has 0 radical (unpaired) electrons. The van der Waals surface area contributed by atoms with Crippen molar-refractivity contribution in [3.8, 4) is 0 Å². The second-order valence-corrected chi connectivity index (χ2v) is 7.13. The lowest BCUT2D eigenvalue weighted by Crippen LogP contribution is -2.10. The number of rotatable bonds is 3. The Balaban J connectivity index is 1.86. The van der Waals surface area contributed by atoms with Crippen molar-refractivity contribution in [2.45, 2.75) is 6.54 Å². The third-order valence-electron chi connectivity index (χ3n) is 4.61. The number of allylic oxidation sites excluding steroid dienone is 1. The SMILES string of the molecule is COC(=O)Cn1cc(C=C2C(=O)c3ccccc3C2=O)c2cc(Br)ccc21. The molecule has 0 saturated heterocycles. The number of fused-ring (bicyclic) bond motifs is 2. The minimum atomic E-state index is -0.380. The molecule has 0 spiro atoms. The van der Waals surface area contributed by atoms with E-state index in [0.29, 0.717) is 16.7 Å². The zero-order valence-electron chi connectivity index (χ0n) is 14.4. The van der Waals surface area contributed by atoms with Gasteiger partial charge in [-0.05, 0) is 24.3 Å². The van der Waals surface area contributed by atoms with Crippen molar-refractivity contribution in [1.82, 2.24) is 4.57 Å². The van der Waals surface area contributed by atoms with Crippen LogP contribution in [0.4, 0.5) is 0 Å². The third-order valence-corrected chi connectivity index (χ3v) is 5.10. The summed E-state index contributed by atoms with van der Waals surface area (Å²) in [6.07, 6.45) is 3.36. The first-order valence-corrected chi connectivity index (χ1v) is 9.04. The summed E-state index contributed by atoms with van der Waals surface area (Å²) in [5.74, 6) is -0.937. The Morgan fingerprint density at radius 2 is 1.78 bits per heavy atom. The Bertz CT molecular complexity index is 1120. The van der Waals surface area contributed by atoms with Gasteiger partial charge in [0.25, 0.3) is 0 Å². The first-order chi connectivity index (χ1) is 13.0. The second kappa shape index (κ2) is 6.63. The highest BCUT2D eigenvalue weighted by atomic mass is 79.9. The molecule has 134 valence electrons. The average Bonchev–Trinajstić information content (AvgIpc) is 3.12. The van der Waals surface area contributed by atoms with Crippen LogP contribution < -0.4 is 0 Å². The normalized spacial score (nSPS) is 13.2. The highest BCUT2D eigenvalue weighted by Crippen LogP contribution is 2.31. The van der Waals surface area contributed by atoms with Crippen LogP contribution in [0.3, 0.4) is 0 Å². The van der Waals surface area contributed by atoms with Crippen molar-refractivity contribution in [3.05, 3.63) is 75.4 Å². The quantitative estimate of drug-likeness (QED) is 0.362. The first kappa shape index (κ1) is 17.4. The topological polar surface area (TPSA) is 65.4 Å². The Labute approximate surface area is 163 Å². The maximum atomic E-state index is 12.7. The minimum absolute atomic E-state index is 0.0416. The number of nitrogens with zero attached hydrogens (tertiary/aromatic N) is 1. The monoisotopic (exact) mass is 423 g/mol. The van der Waals surface area contributed by atoms with Gasteiger partial charge in [0.1, 0.15) is 6.54 Å².